The second-order valence-corrected chi connectivity index (χ2v) is 8.18. The summed E-state index contributed by atoms with van der Waals surface area (Å²) in [5.41, 5.74) is 0.610. The zero-order valence-corrected chi connectivity index (χ0v) is 14.9. The lowest BCUT2D eigenvalue weighted by atomic mass is 9.98. The van der Waals surface area contributed by atoms with Crippen LogP contribution < -0.4 is 4.74 Å². The number of benzene rings is 1. The summed E-state index contributed by atoms with van der Waals surface area (Å²) in [6.45, 7) is 1.63. The van der Waals surface area contributed by atoms with E-state index in [2.05, 4.69) is 0 Å². The monoisotopic (exact) mass is 362 g/mol. The highest BCUT2D eigenvalue weighted by Crippen LogP contribution is 2.33. The van der Waals surface area contributed by atoms with Crippen molar-refractivity contribution in [1.82, 2.24) is 0 Å². The molecular formula is C16H23ClO5S. The number of halogens is 1. The summed E-state index contributed by atoms with van der Waals surface area (Å²) >= 11 is 6.24. The topological polar surface area (TPSA) is 72.8 Å². The van der Waals surface area contributed by atoms with Crippen LogP contribution in [0.1, 0.15) is 44.3 Å². The van der Waals surface area contributed by atoms with E-state index in [-0.39, 0.29) is 18.6 Å². The Morgan fingerprint density at radius 2 is 2.00 bits per heavy atom. The fourth-order valence-corrected chi connectivity index (χ4v) is 3.33. The first kappa shape index (κ1) is 18.5. The third-order valence-electron chi connectivity index (χ3n) is 3.98. The molecule has 0 bridgehead atoms. The normalized spacial score (nSPS) is 18.8. The van der Waals surface area contributed by atoms with Crippen LogP contribution in [0.4, 0.5) is 0 Å². The van der Waals surface area contributed by atoms with Crippen LogP contribution in [0.25, 0.3) is 0 Å². The smallest absolute Gasteiger partial charge is 0.264 e. The van der Waals surface area contributed by atoms with E-state index in [1.165, 1.54) is 12.8 Å². The fraction of sp³-hybridized carbons (Fsp3) is 0.625. The Kier molecular flexibility index (Phi) is 6.31. The number of ether oxygens (including phenoxy) is 1. The minimum Gasteiger partial charge on any atom is -0.489 e. The van der Waals surface area contributed by atoms with Crippen molar-refractivity contribution in [1.29, 1.82) is 0 Å². The lowest BCUT2D eigenvalue weighted by Gasteiger charge is -2.20. The zero-order valence-electron chi connectivity index (χ0n) is 13.4. The highest BCUT2D eigenvalue weighted by molar-refractivity contribution is 7.85. The van der Waals surface area contributed by atoms with E-state index in [1.807, 2.05) is 0 Å². The number of hydrogen-bond acceptors (Lipinski definition) is 5. The van der Waals surface area contributed by atoms with E-state index in [9.17, 15) is 13.5 Å². The molecule has 7 heteroatoms. The van der Waals surface area contributed by atoms with Crippen molar-refractivity contribution in [3.05, 3.63) is 28.8 Å². The van der Waals surface area contributed by atoms with Crippen LogP contribution >= 0.6 is 11.6 Å². The molecule has 23 heavy (non-hydrogen) atoms. The van der Waals surface area contributed by atoms with Gasteiger partial charge >= 0.3 is 0 Å². The molecule has 0 amide bonds. The molecule has 130 valence electrons. The Morgan fingerprint density at radius 3 is 2.57 bits per heavy atom. The highest BCUT2D eigenvalue weighted by Gasteiger charge is 2.21. The molecule has 1 N–H and O–H groups in total. The molecule has 1 aromatic carbocycles. The summed E-state index contributed by atoms with van der Waals surface area (Å²) in [7, 11) is -3.52. The van der Waals surface area contributed by atoms with Crippen molar-refractivity contribution in [2.45, 2.75) is 44.8 Å². The van der Waals surface area contributed by atoms with Gasteiger partial charge in [-0.3, -0.25) is 4.18 Å². The van der Waals surface area contributed by atoms with Gasteiger partial charge < -0.3 is 9.84 Å². The largest absolute Gasteiger partial charge is 0.489 e. The lowest BCUT2D eigenvalue weighted by molar-refractivity contribution is 0.0866. The van der Waals surface area contributed by atoms with E-state index in [0.29, 0.717) is 16.3 Å². The third-order valence-corrected chi connectivity index (χ3v) is 4.84. The molecule has 5 nitrogen and oxygen atoms in total. The average Bonchev–Trinajstić information content (AvgIpc) is 2.98. The first-order valence-electron chi connectivity index (χ1n) is 7.75. The van der Waals surface area contributed by atoms with E-state index in [4.69, 9.17) is 20.5 Å². The number of rotatable bonds is 7. The molecule has 0 spiro atoms. The van der Waals surface area contributed by atoms with Crippen molar-refractivity contribution >= 4 is 21.7 Å². The number of hydrogen-bond donors (Lipinski definition) is 1. The van der Waals surface area contributed by atoms with Crippen molar-refractivity contribution in [2.75, 3.05) is 12.9 Å². The third kappa shape index (κ3) is 5.64. The van der Waals surface area contributed by atoms with Gasteiger partial charge in [-0.15, -0.1) is 0 Å². The van der Waals surface area contributed by atoms with Crippen molar-refractivity contribution < 1.29 is 22.4 Å². The summed E-state index contributed by atoms with van der Waals surface area (Å²) in [4.78, 5) is 0. The maximum Gasteiger partial charge on any atom is 0.264 e. The van der Waals surface area contributed by atoms with E-state index in [1.54, 1.807) is 25.1 Å². The SMILES string of the molecule is C[C@H](COS(C)(=O)=O)[C@H](O)c1ccc(OC2CCCC2)c(Cl)c1. The Labute approximate surface area is 142 Å². The van der Waals surface area contributed by atoms with Gasteiger partial charge in [0, 0.05) is 5.92 Å². The van der Waals surface area contributed by atoms with Crippen LogP contribution in [0.15, 0.2) is 18.2 Å². The van der Waals surface area contributed by atoms with Crippen molar-refractivity contribution in [3.63, 3.8) is 0 Å². The average molecular weight is 363 g/mol. The highest BCUT2D eigenvalue weighted by atomic mass is 35.5. The van der Waals surface area contributed by atoms with Crippen LogP contribution in [0.2, 0.25) is 5.02 Å². The van der Waals surface area contributed by atoms with Gasteiger partial charge in [0.15, 0.2) is 0 Å². The maximum atomic E-state index is 11.0. The minimum absolute atomic E-state index is 0.0854. The Morgan fingerprint density at radius 1 is 1.35 bits per heavy atom. The van der Waals surface area contributed by atoms with E-state index < -0.39 is 16.2 Å². The fourth-order valence-electron chi connectivity index (χ4n) is 2.63. The van der Waals surface area contributed by atoms with Gasteiger partial charge in [0.1, 0.15) is 5.75 Å². The number of aliphatic hydroxyl groups excluding tert-OH is 1. The Balaban J connectivity index is 2.00. The van der Waals surface area contributed by atoms with Crippen molar-refractivity contribution in [3.8, 4) is 5.75 Å². The molecule has 0 radical (unpaired) electrons. The predicted octanol–water partition coefficient (Wildman–Crippen LogP) is 3.31. The summed E-state index contributed by atoms with van der Waals surface area (Å²) in [6, 6.07) is 5.16. The first-order chi connectivity index (χ1) is 10.8. The molecule has 0 aliphatic heterocycles. The first-order valence-corrected chi connectivity index (χ1v) is 9.94. The van der Waals surface area contributed by atoms with Crippen LogP contribution in [-0.4, -0.2) is 32.5 Å². The Bertz CT molecular complexity index is 625. The van der Waals surface area contributed by atoms with Crippen LogP contribution in [-0.2, 0) is 14.3 Å². The maximum absolute atomic E-state index is 11.0. The molecule has 1 aromatic rings. The summed E-state index contributed by atoms with van der Waals surface area (Å²) < 4.78 is 32.6. The van der Waals surface area contributed by atoms with Crippen LogP contribution in [0.3, 0.4) is 0 Å². The molecule has 2 rings (SSSR count). The predicted molar refractivity (Wildman–Crippen MR) is 89.3 cm³/mol. The van der Waals surface area contributed by atoms with E-state index >= 15 is 0 Å². The minimum atomic E-state index is -3.52. The second kappa shape index (κ2) is 7.83. The second-order valence-electron chi connectivity index (χ2n) is 6.12. The summed E-state index contributed by atoms with van der Waals surface area (Å²) in [6.07, 6.45) is 4.77. The Hall–Kier alpha value is -0.820. The van der Waals surface area contributed by atoms with E-state index in [0.717, 1.165) is 19.1 Å². The summed E-state index contributed by atoms with van der Waals surface area (Å²) in [5, 5.41) is 10.8. The molecule has 1 saturated carbocycles. The van der Waals surface area contributed by atoms with Gasteiger partial charge in [0.2, 0.25) is 0 Å². The zero-order chi connectivity index (χ0) is 17.0. The van der Waals surface area contributed by atoms with Crippen LogP contribution in [0, 0.1) is 5.92 Å². The number of aliphatic hydroxyl groups is 1. The van der Waals surface area contributed by atoms with Gasteiger partial charge in [-0.05, 0) is 43.4 Å². The molecule has 1 aliphatic rings. The van der Waals surface area contributed by atoms with Gasteiger partial charge in [-0.25, -0.2) is 0 Å². The van der Waals surface area contributed by atoms with Crippen molar-refractivity contribution in [2.24, 2.45) is 5.92 Å². The molecule has 0 heterocycles. The summed E-state index contributed by atoms with van der Waals surface area (Å²) in [5.74, 6) is 0.233. The molecule has 0 unspecified atom stereocenters. The lowest BCUT2D eigenvalue weighted by Crippen LogP contribution is -2.18. The quantitative estimate of drug-likeness (QED) is 0.753. The van der Waals surface area contributed by atoms with Gasteiger partial charge in [-0.2, -0.15) is 8.42 Å². The van der Waals surface area contributed by atoms with Gasteiger partial charge in [-0.1, -0.05) is 24.6 Å². The molecular weight excluding hydrogens is 340 g/mol. The molecule has 1 fully saturated rings. The molecule has 0 saturated heterocycles. The molecule has 2 atom stereocenters. The molecule has 1 aliphatic carbocycles. The van der Waals surface area contributed by atoms with Gasteiger partial charge in [0.25, 0.3) is 10.1 Å². The standard InChI is InChI=1S/C16H23ClO5S/c1-11(10-21-23(2,19)20)16(18)12-7-8-15(14(17)9-12)22-13-5-3-4-6-13/h7-9,11,13,16,18H,3-6,10H2,1-2H3/t11-,16+/m1/s1. The van der Waals surface area contributed by atoms with Gasteiger partial charge in [0.05, 0.1) is 30.1 Å². The van der Waals surface area contributed by atoms with Crippen LogP contribution in [0.5, 0.6) is 5.75 Å². The molecule has 0 aromatic heterocycles.